The van der Waals surface area contributed by atoms with Gasteiger partial charge in [-0.2, -0.15) is 0 Å². The fraction of sp³-hybridized carbons (Fsp3) is 0.250. The lowest BCUT2D eigenvalue weighted by Gasteiger charge is -2.13. The lowest BCUT2D eigenvalue weighted by atomic mass is 10.1. The topological polar surface area (TPSA) is 32.3 Å². The first-order valence-corrected chi connectivity index (χ1v) is 7.62. The highest BCUT2D eigenvalue weighted by Gasteiger charge is 2.12. The fourth-order valence-electron chi connectivity index (χ4n) is 1.99. The summed E-state index contributed by atoms with van der Waals surface area (Å²) in [5.74, 6) is -0.340. The number of hydrogen-bond acceptors (Lipinski definition) is 2. The molecule has 0 aliphatic heterocycles. The van der Waals surface area contributed by atoms with Crippen LogP contribution in [-0.4, -0.2) is 11.7 Å². The van der Waals surface area contributed by atoms with Gasteiger partial charge in [0.25, 0.3) is 0 Å². The number of rotatable bonds is 6. The van der Waals surface area contributed by atoms with E-state index in [0.29, 0.717) is 18.5 Å². The summed E-state index contributed by atoms with van der Waals surface area (Å²) in [5.41, 5.74) is 1.56. The summed E-state index contributed by atoms with van der Waals surface area (Å²) >= 11 is 2.05. The van der Waals surface area contributed by atoms with Crippen LogP contribution in [0.5, 0.6) is 0 Å². The van der Waals surface area contributed by atoms with Crippen molar-refractivity contribution in [3.05, 3.63) is 69.0 Å². The van der Waals surface area contributed by atoms with E-state index >= 15 is 0 Å². The van der Waals surface area contributed by atoms with E-state index in [1.165, 1.54) is 11.6 Å². The number of halogens is 2. The highest BCUT2D eigenvalue weighted by Crippen LogP contribution is 2.21. The highest BCUT2D eigenvalue weighted by molar-refractivity contribution is 14.1. The molecular weight excluding hydrogens is 368 g/mol. The van der Waals surface area contributed by atoms with Crippen LogP contribution >= 0.6 is 22.6 Å². The van der Waals surface area contributed by atoms with Crippen LogP contribution in [0.2, 0.25) is 0 Å². The summed E-state index contributed by atoms with van der Waals surface area (Å²) in [7, 11) is 0. The van der Waals surface area contributed by atoms with Crippen LogP contribution in [0.4, 0.5) is 4.39 Å². The van der Waals surface area contributed by atoms with Crippen LogP contribution in [-0.2, 0) is 6.54 Å². The van der Waals surface area contributed by atoms with Crippen LogP contribution in [0.1, 0.15) is 23.7 Å². The third-order valence-electron chi connectivity index (χ3n) is 3.09. The molecule has 2 N–H and O–H groups in total. The van der Waals surface area contributed by atoms with Crippen molar-refractivity contribution in [1.29, 1.82) is 0 Å². The Balaban J connectivity index is 1.79. The van der Waals surface area contributed by atoms with Gasteiger partial charge in [0.15, 0.2) is 0 Å². The summed E-state index contributed by atoms with van der Waals surface area (Å²) in [5, 5.41) is 13.3. The molecule has 2 aromatic carbocycles. The molecule has 0 aromatic heterocycles. The van der Waals surface area contributed by atoms with Crippen molar-refractivity contribution in [2.45, 2.75) is 19.1 Å². The van der Waals surface area contributed by atoms with Gasteiger partial charge in [-0.3, -0.25) is 0 Å². The van der Waals surface area contributed by atoms with Crippen LogP contribution in [0, 0.1) is 9.39 Å². The minimum atomic E-state index is -0.768. The van der Waals surface area contributed by atoms with E-state index in [2.05, 4.69) is 27.9 Å². The molecule has 0 amide bonds. The molecule has 2 rings (SSSR count). The minimum absolute atomic E-state index is 0.340. The first-order valence-electron chi connectivity index (χ1n) is 6.54. The second-order valence-corrected chi connectivity index (χ2v) is 5.88. The van der Waals surface area contributed by atoms with Gasteiger partial charge in [-0.05, 0) is 53.3 Å². The predicted molar refractivity (Wildman–Crippen MR) is 86.8 cm³/mol. The van der Waals surface area contributed by atoms with E-state index in [1.54, 1.807) is 12.1 Å². The average Bonchev–Trinajstić information content (AvgIpc) is 2.44. The maximum absolute atomic E-state index is 13.7. The van der Waals surface area contributed by atoms with E-state index in [-0.39, 0.29) is 5.82 Å². The van der Waals surface area contributed by atoms with Gasteiger partial charge in [-0.25, -0.2) is 4.39 Å². The average molecular weight is 385 g/mol. The molecule has 0 fully saturated rings. The zero-order valence-corrected chi connectivity index (χ0v) is 13.2. The molecule has 2 nitrogen and oxygen atoms in total. The molecule has 0 aliphatic carbocycles. The molecule has 0 radical (unpaired) electrons. The van der Waals surface area contributed by atoms with Crippen molar-refractivity contribution in [2.75, 3.05) is 6.54 Å². The highest BCUT2D eigenvalue weighted by atomic mass is 127. The normalized spacial score (nSPS) is 12.3. The number of hydrogen-bond donors (Lipinski definition) is 2. The second kappa shape index (κ2) is 7.71. The van der Waals surface area contributed by atoms with E-state index in [1.807, 2.05) is 30.3 Å². The summed E-state index contributed by atoms with van der Waals surface area (Å²) in [4.78, 5) is 0. The Morgan fingerprint density at radius 2 is 1.90 bits per heavy atom. The molecule has 106 valence electrons. The zero-order valence-electron chi connectivity index (χ0n) is 11.0. The molecule has 0 aliphatic rings. The SMILES string of the molecule is OC(CCNCc1ccccc1)c1ccc(I)cc1F. The fourth-order valence-corrected chi connectivity index (χ4v) is 2.45. The van der Waals surface area contributed by atoms with Gasteiger partial charge in [0.05, 0.1) is 6.10 Å². The Labute approximate surface area is 132 Å². The number of benzene rings is 2. The maximum atomic E-state index is 13.7. The Bertz CT molecular complexity index is 547. The van der Waals surface area contributed by atoms with Crippen molar-refractivity contribution in [3.8, 4) is 0 Å². The molecule has 2 aromatic rings. The summed E-state index contributed by atoms with van der Waals surface area (Å²) in [6, 6.07) is 15.0. The first kappa shape index (κ1) is 15.4. The molecule has 4 heteroatoms. The van der Waals surface area contributed by atoms with Gasteiger partial charge in [-0.15, -0.1) is 0 Å². The van der Waals surface area contributed by atoms with E-state index in [4.69, 9.17) is 0 Å². The Morgan fingerprint density at radius 1 is 1.15 bits per heavy atom. The Kier molecular flexibility index (Phi) is 5.94. The predicted octanol–water partition coefficient (Wildman–Crippen LogP) is 3.64. The summed E-state index contributed by atoms with van der Waals surface area (Å²) in [6.07, 6.45) is -0.278. The summed E-state index contributed by atoms with van der Waals surface area (Å²) < 4.78 is 14.5. The zero-order chi connectivity index (χ0) is 14.4. The maximum Gasteiger partial charge on any atom is 0.130 e. The van der Waals surface area contributed by atoms with E-state index in [0.717, 1.165) is 10.1 Å². The molecule has 0 spiro atoms. The van der Waals surface area contributed by atoms with Crippen molar-refractivity contribution in [1.82, 2.24) is 5.32 Å². The lowest BCUT2D eigenvalue weighted by molar-refractivity contribution is 0.162. The van der Waals surface area contributed by atoms with Gasteiger partial charge < -0.3 is 10.4 Å². The molecular formula is C16H17FINO. The van der Waals surface area contributed by atoms with E-state index in [9.17, 15) is 9.50 Å². The van der Waals surface area contributed by atoms with Crippen molar-refractivity contribution in [3.63, 3.8) is 0 Å². The van der Waals surface area contributed by atoms with Crippen molar-refractivity contribution in [2.24, 2.45) is 0 Å². The van der Waals surface area contributed by atoms with Gasteiger partial charge in [0.1, 0.15) is 5.82 Å². The van der Waals surface area contributed by atoms with Gasteiger partial charge in [-0.1, -0.05) is 36.4 Å². The molecule has 1 atom stereocenters. The third-order valence-corrected chi connectivity index (χ3v) is 3.76. The quantitative estimate of drug-likeness (QED) is 0.588. The molecule has 0 saturated carbocycles. The minimum Gasteiger partial charge on any atom is -0.388 e. The Hall–Kier alpha value is -0.980. The van der Waals surface area contributed by atoms with Gasteiger partial charge in [0, 0.05) is 15.7 Å². The Morgan fingerprint density at radius 3 is 2.60 bits per heavy atom. The first-order chi connectivity index (χ1) is 9.66. The number of aliphatic hydroxyl groups excluding tert-OH is 1. The number of nitrogens with one attached hydrogen (secondary N) is 1. The standard InChI is InChI=1S/C16H17FINO/c17-15-10-13(18)6-7-14(15)16(20)8-9-19-11-12-4-2-1-3-5-12/h1-7,10,16,19-20H,8-9,11H2. The molecule has 0 heterocycles. The van der Waals surface area contributed by atoms with Crippen molar-refractivity contribution >= 4 is 22.6 Å². The molecule has 20 heavy (non-hydrogen) atoms. The monoisotopic (exact) mass is 385 g/mol. The lowest BCUT2D eigenvalue weighted by Crippen LogP contribution is -2.17. The van der Waals surface area contributed by atoms with Crippen molar-refractivity contribution < 1.29 is 9.50 Å². The largest absolute Gasteiger partial charge is 0.388 e. The molecule has 0 saturated heterocycles. The number of aliphatic hydroxyl groups is 1. The van der Waals surface area contributed by atoms with Crippen LogP contribution in [0.3, 0.4) is 0 Å². The third kappa shape index (κ3) is 4.54. The van der Waals surface area contributed by atoms with E-state index < -0.39 is 6.10 Å². The summed E-state index contributed by atoms with van der Waals surface area (Å²) in [6.45, 7) is 1.39. The van der Waals surface area contributed by atoms with Gasteiger partial charge >= 0.3 is 0 Å². The van der Waals surface area contributed by atoms with Crippen LogP contribution < -0.4 is 5.32 Å². The smallest absolute Gasteiger partial charge is 0.130 e. The van der Waals surface area contributed by atoms with Gasteiger partial charge in [0.2, 0.25) is 0 Å². The van der Waals surface area contributed by atoms with Crippen LogP contribution in [0.25, 0.3) is 0 Å². The van der Waals surface area contributed by atoms with Crippen LogP contribution in [0.15, 0.2) is 48.5 Å². The molecule has 1 unspecified atom stereocenters. The second-order valence-electron chi connectivity index (χ2n) is 4.63. The molecule has 0 bridgehead atoms.